The molecule has 2 N–H and O–H groups in total. The Morgan fingerprint density at radius 2 is 2.08 bits per heavy atom. The summed E-state index contributed by atoms with van der Waals surface area (Å²) in [5.41, 5.74) is 0.507. The number of carbonyl (C=O) groups excluding carboxylic acids is 1. The van der Waals surface area contributed by atoms with E-state index in [1.54, 1.807) is 48.5 Å². The fraction of sp³-hybridized carbons (Fsp3) is 0.176. The zero-order valence-corrected chi connectivity index (χ0v) is 13.7. The van der Waals surface area contributed by atoms with Gasteiger partial charge in [0.25, 0.3) is 5.91 Å². The number of ether oxygens (including phenoxy) is 1. The van der Waals surface area contributed by atoms with Crippen LogP contribution in [0.25, 0.3) is 5.82 Å². The van der Waals surface area contributed by atoms with Crippen molar-refractivity contribution in [2.45, 2.75) is 0 Å². The van der Waals surface area contributed by atoms with Gasteiger partial charge in [0.1, 0.15) is 17.9 Å². The summed E-state index contributed by atoms with van der Waals surface area (Å²) in [5, 5.41) is 10.1. The Morgan fingerprint density at radius 1 is 1.20 bits per heavy atom. The number of anilines is 1. The molecular weight excluding hydrogens is 320 g/mol. The molecule has 0 saturated carbocycles. The number of benzene rings is 1. The Hall–Kier alpha value is -3.42. The first-order valence-corrected chi connectivity index (χ1v) is 7.75. The second-order valence-corrected chi connectivity index (χ2v) is 5.10. The highest BCUT2D eigenvalue weighted by atomic mass is 16.5. The van der Waals surface area contributed by atoms with E-state index >= 15 is 0 Å². The van der Waals surface area contributed by atoms with Gasteiger partial charge in [0.2, 0.25) is 0 Å². The maximum absolute atomic E-state index is 12.2. The molecule has 2 heterocycles. The fourth-order valence-electron chi connectivity index (χ4n) is 2.27. The molecule has 0 radical (unpaired) electrons. The van der Waals surface area contributed by atoms with Crippen LogP contribution in [0.5, 0.6) is 5.75 Å². The number of nitrogens with one attached hydrogen (secondary N) is 2. The van der Waals surface area contributed by atoms with Crippen molar-refractivity contribution < 1.29 is 9.53 Å². The lowest BCUT2D eigenvalue weighted by atomic mass is 10.2. The van der Waals surface area contributed by atoms with Crippen LogP contribution in [0.3, 0.4) is 0 Å². The maximum Gasteiger partial charge on any atom is 0.255 e. The van der Waals surface area contributed by atoms with Crippen molar-refractivity contribution in [3.8, 4) is 11.6 Å². The summed E-state index contributed by atoms with van der Waals surface area (Å²) in [6.45, 7) is 0.967. The van der Waals surface area contributed by atoms with Crippen LogP contribution in [0.4, 0.5) is 5.82 Å². The second kappa shape index (κ2) is 7.91. The van der Waals surface area contributed by atoms with Crippen LogP contribution >= 0.6 is 0 Å². The second-order valence-electron chi connectivity index (χ2n) is 5.10. The van der Waals surface area contributed by atoms with Gasteiger partial charge in [0, 0.05) is 31.5 Å². The Labute approximate surface area is 144 Å². The summed E-state index contributed by atoms with van der Waals surface area (Å²) in [5.74, 6) is 1.69. The van der Waals surface area contributed by atoms with E-state index < -0.39 is 0 Å². The lowest BCUT2D eigenvalue weighted by molar-refractivity contribution is 0.0952. The van der Waals surface area contributed by atoms with Gasteiger partial charge in [-0.25, -0.2) is 14.6 Å². The average molecular weight is 338 g/mol. The number of hydrogen-bond donors (Lipinski definition) is 2. The molecular formula is C17H18N6O2. The first-order chi connectivity index (χ1) is 12.3. The Balaban J connectivity index is 1.52. The van der Waals surface area contributed by atoms with Gasteiger partial charge >= 0.3 is 0 Å². The van der Waals surface area contributed by atoms with Gasteiger partial charge in [0.05, 0.1) is 12.7 Å². The summed E-state index contributed by atoms with van der Waals surface area (Å²) < 4.78 is 6.84. The van der Waals surface area contributed by atoms with Crippen LogP contribution in [-0.4, -0.2) is 45.9 Å². The lowest BCUT2D eigenvalue weighted by Crippen LogP contribution is -2.29. The molecule has 0 atom stereocenters. The largest absolute Gasteiger partial charge is 0.496 e. The van der Waals surface area contributed by atoms with E-state index in [0.717, 1.165) is 0 Å². The highest BCUT2D eigenvalue weighted by Gasteiger charge is 2.10. The van der Waals surface area contributed by atoms with E-state index in [1.807, 2.05) is 12.1 Å². The van der Waals surface area contributed by atoms with Crippen molar-refractivity contribution in [1.29, 1.82) is 0 Å². The van der Waals surface area contributed by atoms with E-state index in [9.17, 15) is 4.79 Å². The summed E-state index contributed by atoms with van der Waals surface area (Å²) in [6, 6.07) is 10.7. The van der Waals surface area contributed by atoms with Gasteiger partial charge < -0.3 is 15.4 Å². The third-order valence-corrected chi connectivity index (χ3v) is 3.46. The number of methoxy groups -OCH3 is 1. The van der Waals surface area contributed by atoms with Crippen molar-refractivity contribution in [2.75, 3.05) is 25.5 Å². The van der Waals surface area contributed by atoms with E-state index in [1.165, 1.54) is 6.33 Å². The monoisotopic (exact) mass is 338 g/mol. The van der Waals surface area contributed by atoms with Gasteiger partial charge in [-0.1, -0.05) is 12.1 Å². The Morgan fingerprint density at radius 3 is 2.88 bits per heavy atom. The van der Waals surface area contributed by atoms with Gasteiger partial charge in [0.15, 0.2) is 5.82 Å². The predicted octanol–water partition coefficient (Wildman–Crippen LogP) is 1.51. The molecule has 0 aliphatic heterocycles. The lowest BCUT2D eigenvalue weighted by Gasteiger charge is -2.10. The van der Waals surface area contributed by atoms with Crippen LogP contribution in [0.15, 0.2) is 55.1 Å². The SMILES string of the molecule is COc1ccccc1C(=O)NCCNc1cc(-n2cccn2)ncn1. The molecule has 3 rings (SSSR count). The van der Waals surface area contributed by atoms with Crippen LogP contribution in [0, 0.1) is 0 Å². The molecule has 3 aromatic rings. The van der Waals surface area contributed by atoms with E-state index in [4.69, 9.17) is 4.74 Å². The number of para-hydroxylation sites is 1. The van der Waals surface area contributed by atoms with Gasteiger partial charge in [-0.05, 0) is 18.2 Å². The number of amides is 1. The standard InChI is InChI=1S/C17H18N6O2/c1-25-14-6-3-2-5-13(14)17(24)19-9-8-18-15-11-16(21-12-20-15)23-10-4-7-22-23/h2-7,10-12H,8-9H2,1H3,(H,19,24)(H,18,20,21). The molecule has 0 bridgehead atoms. The van der Waals surface area contributed by atoms with Crippen molar-refractivity contribution >= 4 is 11.7 Å². The molecule has 0 fully saturated rings. The van der Waals surface area contributed by atoms with E-state index in [2.05, 4.69) is 25.7 Å². The number of carbonyl (C=O) groups is 1. The summed E-state index contributed by atoms with van der Waals surface area (Å²) in [4.78, 5) is 20.5. The topological polar surface area (TPSA) is 94.0 Å². The molecule has 0 aliphatic carbocycles. The molecule has 0 saturated heterocycles. The Kier molecular flexibility index (Phi) is 5.20. The minimum Gasteiger partial charge on any atom is -0.496 e. The molecule has 0 unspecified atom stereocenters. The zero-order valence-electron chi connectivity index (χ0n) is 13.7. The van der Waals surface area contributed by atoms with Crippen LogP contribution < -0.4 is 15.4 Å². The predicted molar refractivity (Wildman–Crippen MR) is 93.0 cm³/mol. The third-order valence-electron chi connectivity index (χ3n) is 3.46. The molecule has 25 heavy (non-hydrogen) atoms. The van der Waals surface area contributed by atoms with Crippen molar-refractivity contribution in [3.05, 3.63) is 60.7 Å². The third kappa shape index (κ3) is 4.11. The average Bonchev–Trinajstić information content (AvgIpc) is 3.20. The molecule has 2 aromatic heterocycles. The van der Waals surface area contributed by atoms with Crippen LogP contribution in [0.1, 0.15) is 10.4 Å². The first kappa shape index (κ1) is 16.4. The molecule has 0 spiro atoms. The molecule has 128 valence electrons. The smallest absolute Gasteiger partial charge is 0.255 e. The molecule has 1 aromatic carbocycles. The Bertz CT molecular complexity index is 835. The minimum atomic E-state index is -0.181. The number of nitrogens with zero attached hydrogens (tertiary/aromatic N) is 4. The van der Waals surface area contributed by atoms with E-state index in [0.29, 0.717) is 36.0 Å². The van der Waals surface area contributed by atoms with E-state index in [-0.39, 0.29) is 5.91 Å². The highest BCUT2D eigenvalue weighted by Crippen LogP contribution is 2.16. The number of rotatable bonds is 7. The van der Waals surface area contributed by atoms with Crippen LogP contribution in [0.2, 0.25) is 0 Å². The van der Waals surface area contributed by atoms with Crippen LogP contribution in [-0.2, 0) is 0 Å². The van der Waals surface area contributed by atoms with Crippen molar-refractivity contribution in [1.82, 2.24) is 25.1 Å². The quantitative estimate of drug-likeness (QED) is 0.634. The molecule has 8 heteroatoms. The summed E-state index contributed by atoms with van der Waals surface area (Å²) in [7, 11) is 1.54. The maximum atomic E-state index is 12.2. The van der Waals surface area contributed by atoms with Crippen molar-refractivity contribution in [2.24, 2.45) is 0 Å². The fourth-order valence-corrected chi connectivity index (χ4v) is 2.27. The zero-order chi connectivity index (χ0) is 17.5. The summed E-state index contributed by atoms with van der Waals surface area (Å²) >= 11 is 0. The number of aromatic nitrogens is 4. The molecule has 0 aliphatic rings. The van der Waals surface area contributed by atoms with Gasteiger partial charge in [-0.3, -0.25) is 4.79 Å². The molecule has 8 nitrogen and oxygen atoms in total. The normalized spacial score (nSPS) is 10.3. The van der Waals surface area contributed by atoms with Crippen molar-refractivity contribution in [3.63, 3.8) is 0 Å². The summed E-state index contributed by atoms with van der Waals surface area (Å²) in [6.07, 6.45) is 4.95. The van der Waals surface area contributed by atoms with Gasteiger partial charge in [-0.2, -0.15) is 5.10 Å². The van der Waals surface area contributed by atoms with Gasteiger partial charge in [-0.15, -0.1) is 0 Å². The number of hydrogen-bond acceptors (Lipinski definition) is 6. The minimum absolute atomic E-state index is 0.181. The molecule has 1 amide bonds. The first-order valence-electron chi connectivity index (χ1n) is 7.75. The highest BCUT2D eigenvalue weighted by molar-refractivity contribution is 5.96.